The van der Waals surface area contributed by atoms with Gasteiger partial charge in [-0.25, -0.2) is 0 Å². The molecular formula is C17H26Cl2N2O3. The van der Waals surface area contributed by atoms with Crippen LogP contribution in [0.4, 0.5) is 0 Å². The number of benzene rings is 1. The van der Waals surface area contributed by atoms with E-state index in [1.54, 1.807) is 24.1 Å². The predicted octanol–water partition coefficient (Wildman–Crippen LogP) is 2.48. The molecule has 24 heavy (non-hydrogen) atoms. The largest absolute Gasteiger partial charge is 0.493 e. The van der Waals surface area contributed by atoms with Gasteiger partial charge in [-0.15, -0.1) is 12.4 Å². The standard InChI is InChI=1S/C17H25ClN2O3.ClH/c1-20(17(22)12-6-7-16(21)15(19)10-12)8-3-9-23-14-5-2-4-13(18)11-14;/h2,4-5,11-12,15-16,21H,3,6-10,19H2,1H3;1H/t12-,15+,16+;/m0./s1. The molecule has 0 radical (unpaired) electrons. The minimum atomic E-state index is -0.476. The molecule has 0 spiro atoms. The third-order valence-corrected chi connectivity index (χ3v) is 4.53. The van der Waals surface area contributed by atoms with Gasteiger partial charge in [0.2, 0.25) is 5.91 Å². The molecule has 1 fully saturated rings. The van der Waals surface area contributed by atoms with Crippen molar-refractivity contribution in [3.63, 3.8) is 0 Å². The Morgan fingerprint density at radius 1 is 1.46 bits per heavy atom. The van der Waals surface area contributed by atoms with Crippen LogP contribution in [0.2, 0.25) is 5.02 Å². The number of hydrogen-bond donors (Lipinski definition) is 2. The van der Waals surface area contributed by atoms with E-state index >= 15 is 0 Å². The highest BCUT2D eigenvalue weighted by molar-refractivity contribution is 6.30. The van der Waals surface area contributed by atoms with Crippen LogP contribution in [-0.2, 0) is 4.79 Å². The quantitative estimate of drug-likeness (QED) is 0.747. The maximum Gasteiger partial charge on any atom is 0.225 e. The molecule has 0 aromatic heterocycles. The molecule has 1 aromatic carbocycles. The van der Waals surface area contributed by atoms with E-state index < -0.39 is 6.10 Å². The van der Waals surface area contributed by atoms with E-state index in [0.29, 0.717) is 37.4 Å². The Bertz CT molecular complexity index is 530. The highest BCUT2D eigenvalue weighted by atomic mass is 35.5. The number of rotatable bonds is 6. The fraction of sp³-hybridized carbons (Fsp3) is 0.588. The lowest BCUT2D eigenvalue weighted by atomic mass is 9.83. The Morgan fingerprint density at radius 2 is 2.21 bits per heavy atom. The van der Waals surface area contributed by atoms with Crippen LogP contribution in [-0.4, -0.2) is 48.3 Å². The van der Waals surface area contributed by atoms with Gasteiger partial charge in [0.15, 0.2) is 0 Å². The van der Waals surface area contributed by atoms with Crippen LogP contribution >= 0.6 is 24.0 Å². The average Bonchev–Trinajstić information content (AvgIpc) is 2.53. The lowest BCUT2D eigenvalue weighted by molar-refractivity contribution is -0.136. The van der Waals surface area contributed by atoms with Crippen LogP contribution in [0.15, 0.2) is 24.3 Å². The van der Waals surface area contributed by atoms with Crippen molar-refractivity contribution in [3.8, 4) is 5.75 Å². The van der Waals surface area contributed by atoms with E-state index in [0.717, 1.165) is 12.2 Å². The number of carbonyl (C=O) groups is 1. The molecule has 3 atom stereocenters. The zero-order valence-corrected chi connectivity index (χ0v) is 15.4. The van der Waals surface area contributed by atoms with Gasteiger partial charge in [-0.2, -0.15) is 0 Å². The molecule has 2 rings (SSSR count). The highest BCUT2D eigenvalue weighted by Crippen LogP contribution is 2.25. The lowest BCUT2D eigenvalue weighted by Crippen LogP contribution is -2.45. The average molecular weight is 377 g/mol. The molecule has 1 aliphatic carbocycles. The number of nitrogens with two attached hydrogens (primary N) is 1. The number of hydrogen-bond acceptors (Lipinski definition) is 4. The van der Waals surface area contributed by atoms with E-state index in [2.05, 4.69) is 0 Å². The summed E-state index contributed by atoms with van der Waals surface area (Å²) in [6.07, 6.45) is 2.13. The van der Waals surface area contributed by atoms with Crippen molar-refractivity contribution in [2.24, 2.45) is 11.7 Å². The minimum absolute atomic E-state index is 0. The maximum atomic E-state index is 12.4. The first-order valence-electron chi connectivity index (χ1n) is 8.04. The molecule has 1 aromatic rings. The molecule has 0 aliphatic heterocycles. The lowest BCUT2D eigenvalue weighted by Gasteiger charge is -2.32. The van der Waals surface area contributed by atoms with Crippen LogP contribution in [0.25, 0.3) is 0 Å². The monoisotopic (exact) mass is 376 g/mol. The van der Waals surface area contributed by atoms with Crippen LogP contribution in [0, 0.1) is 5.92 Å². The first-order chi connectivity index (χ1) is 11.0. The fourth-order valence-electron chi connectivity index (χ4n) is 2.88. The number of amides is 1. The number of aliphatic hydroxyl groups excluding tert-OH is 1. The van der Waals surface area contributed by atoms with Crippen molar-refractivity contribution in [3.05, 3.63) is 29.3 Å². The summed E-state index contributed by atoms with van der Waals surface area (Å²) >= 11 is 5.90. The SMILES string of the molecule is CN(CCCOc1cccc(Cl)c1)C(=O)[C@H]1CC[C@@H](O)[C@H](N)C1.Cl. The summed E-state index contributed by atoms with van der Waals surface area (Å²) < 4.78 is 5.62. The van der Waals surface area contributed by atoms with Crippen LogP contribution in [0.3, 0.4) is 0 Å². The zero-order valence-electron chi connectivity index (χ0n) is 13.9. The van der Waals surface area contributed by atoms with E-state index in [1.807, 2.05) is 12.1 Å². The molecule has 136 valence electrons. The van der Waals surface area contributed by atoms with Crippen molar-refractivity contribution >= 4 is 29.9 Å². The van der Waals surface area contributed by atoms with Gasteiger partial charge in [-0.05, 0) is 43.9 Å². The first kappa shape index (κ1) is 21.0. The Balaban J connectivity index is 0.00000288. The van der Waals surface area contributed by atoms with Crippen molar-refractivity contribution in [2.75, 3.05) is 20.2 Å². The van der Waals surface area contributed by atoms with E-state index in [1.165, 1.54) is 0 Å². The van der Waals surface area contributed by atoms with Gasteiger partial charge in [0.05, 0.1) is 12.7 Å². The fourth-order valence-corrected chi connectivity index (χ4v) is 3.06. The van der Waals surface area contributed by atoms with Gasteiger partial charge in [0.1, 0.15) is 5.75 Å². The second-order valence-corrected chi connectivity index (χ2v) is 6.60. The molecule has 0 unspecified atom stereocenters. The highest BCUT2D eigenvalue weighted by Gasteiger charge is 2.31. The molecule has 5 nitrogen and oxygen atoms in total. The van der Waals surface area contributed by atoms with Crippen molar-refractivity contribution in [1.82, 2.24) is 4.90 Å². The van der Waals surface area contributed by atoms with Gasteiger partial charge in [0, 0.05) is 30.6 Å². The normalized spacial score (nSPS) is 23.2. The number of ether oxygens (including phenoxy) is 1. The molecule has 0 saturated heterocycles. The summed E-state index contributed by atoms with van der Waals surface area (Å²) in [6.45, 7) is 1.16. The second kappa shape index (κ2) is 10.1. The third-order valence-electron chi connectivity index (χ3n) is 4.29. The van der Waals surface area contributed by atoms with Gasteiger partial charge in [0.25, 0.3) is 0 Å². The van der Waals surface area contributed by atoms with Crippen LogP contribution < -0.4 is 10.5 Å². The number of carbonyl (C=O) groups excluding carboxylic acids is 1. The Labute approximate surface area is 154 Å². The molecular weight excluding hydrogens is 351 g/mol. The smallest absolute Gasteiger partial charge is 0.225 e. The molecule has 0 bridgehead atoms. The van der Waals surface area contributed by atoms with Gasteiger partial charge < -0.3 is 20.5 Å². The topological polar surface area (TPSA) is 75.8 Å². The molecule has 1 saturated carbocycles. The van der Waals surface area contributed by atoms with Gasteiger partial charge >= 0.3 is 0 Å². The third kappa shape index (κ3) is 6.13. The Morgan fingerprint density at radius 3 is 2.88 bits per heavy atom. The minimum Gasteiger partial charge on any atom is -0.493 e. The number of halogens is 2. The number of nitrogens with zero attached hydrogens (tertiary/aromatic N) is 1. The van der Waals surface area contributed by atoms with Crippen LogP contribution in [0.5, 0.6) is 5.75 Å². The Kier molecular flexibility index (Phi) is 8.84. The van der Waals surface area contributed by atoms with E-state index in [4.69, 9.17) is 22.1 Å². The van der Waals surface area contributed by atoms with Crippen molar-refractivity contribution < 1.29 is 14.6 Å². The van der Waals surface area contributed by atoms with Gasteiger partial charge in [-0.3, -0.25) is 4.79 Å². The molecule has 1 aliphatic rings. The molecule has 7 heteroatoms. The summed E-state index contributed by atoms with van der Waals surface area (Å²) in [7, 11) is 1.80. The summed E-state index contributed by atoms with van der Waals surface area (Å²) in [5, 5.41) is 10.3. The second-order valence-electron chi connectivity index (χ2n) is 6.16. The maximum absolute atomic E-state index is 12.4. The van der Waals surface area contributed by atoms with Gasteiger partial charge in [-0.1, -0.05) is 17.7 Å². The van der Waals surface area contributed by atoms with E-state index in [9.17, 15) is 9.90 Å². The first-order valence-corrected chi connectivity index (χ1v) is 8.42. The molecule has 0 heterocycles. The Hall–Kier alpha value is -1.01. The van der Waals surface area contributed by atoms with E-state index in [-0.39, 0.29) is 30.3 Å². The molecule has 3 N–H and O–H groups in total. The predicted molar refractivity (Wildman–Crippen MR) is 97.8 cm³/mol. The molecule has 1 amide bonds. The summed E-state index contributed by atoms with van der Waals surface area (Å²) in [6, 6.07) is 6.97. The van der Waals surface area contributed by atoms with Crippen molar-refractivity contribution in [1.29, 1.82) is 0 Å². The van der Waals surface area contributed by atoms with Crippen LogP contribution in [0.1, 0.15) is 25.7 Å². The summed E-state index contributed by atoms with van der Waals surface area (Å²) in [4.78, 5) is 14.1. The number of aliphatic hydroxyl groups is 1. The zero-order chi connectivity index (χ0) is 16.8. The van der Waals surface area contributed by atoms with Crippen molar-refractivity contribution in [2.45, 2.75) is 37.8 Å². The summed E-state index contributed by atoms with van der Waals surface area (Å²) in [5.74, 6) is 0.765. The summed E-state index contributed by atoms with van der Waals surface area (Å²) in [5.41, 5.74) is 5.85.